The lowest BCUT2D eigenvalue weighted by molar-refractivity contribution is 0.0665. The summed E-state index contributed by atoms with van der Waals surface area (Å²) in [5.74, 6) is 5.24. The molecule has 0 aliphatic heterocycles. The molecule has 1 aromatic rings. The quantitative estimate of drug-likeness (QED) is 0.456. The van der Waals surface area contributed by atoms with Gasteiger partial charge in [-0.2, -0.15) is 0 Å². The number of alkyl halides is 1. The van der Waals surface area contributed by atoms with E-state index in [-0.39, 0.29) is 0 Å². The fourth-order valence-corrected chi connectivity index (χ4v) is 5.38. The van der Waals surface area contributed by atoms with Crippen LogP contribution in [0.4, 0.5) is 0 Å². The first-order valence-electron chi connectivity index (χ1n) is 8.96. The van der Waals surface area contributed by atoms with Crippen molar-refractivity contribution in [3.8, 4) is 5.75 Å². The van der Waals surface area contributed by atoms with Crippen molar-refractivity contribution in [1.82, 2.24) is 0 Å². The van der Waals surface area contributed by atoms with E-state index < -0.39 is 0 Å². The number of hydrogen-bond acceptors (Lipinski definition) is 2. The van der Waals surface area contributed by atoms with E-state index in [4.69, 9.17) is 16.3 Å². The van der Waals surface area contributed by atoms with Crippen LogP contribution in [-0.4, -0.2) is 17.6 Å². The summed E-state index contributed by atoms with van der Waals surface area (Å²) >= 11 is 5.83. The zero-order chi connectivity index (χ0) is 15.8. The molecule has 0 amide bonds. The maximum absolute atomic E-state index is 9.88. The normalized spacial score (nSPS) is 31.4. The molecule has 0 spiro atoms. The number of rotatable bonds is 5. The van der Waals surface area contributed by atoms with Crippen molar-refractivity contribution in [3.05, 3.63) is 35.4 Å². The lowest BCUT2D eigenvalue weighted by Gasteiger charge is -2.51. The maximum atomic E-state index is 9.88. The van der Waals surface area contributed by atoms with Crippen LogP contribution >= 0.6 is 11.6 Å². The summed E-state index contributed by atoms with van der Waals surface area (Å²) in [6, 6.07) is 7.54. The van der Waals surface area contributed by atoms with E-state index in [1.54, 1.807) is 6.07 Å². The van der Waals surface area contributed by atoms with Gasteiger partial charge in [0.05, 0.1) is 6.61 Å². The molecule has 3 heteroatoms. The zero-order valence-corrected chi connectivity index (χ0v) is 14.3. The van der Waals surface area contributed by atoms with Gasteiger partial charge in [0.1, 0.15) is 11.5 Å². The lowest BCUT2D eigenvalue weighted by Crippen LogP contribution is -2.41. The standard InChI is InChI=1S/C20H25ClO2/c21-5-2-6-23-20(15-3-1-4-18(22)12-15)19-16-8-13-7-14(10-16)11-17(19)9-13/h1,3-4,12-14,16-17,22H,2,5-11H2. The highest BCUT2D eigenvalue weighted by Gasteiger charge is 2.46. The number of phenolic OH excluding ortho intramolecular Hbond substituents is 1. The van der Waals surface area contributed by atoms with Crippen LogP contribution in [0.5, 0.6) is 5.75 Å². The predicted octanol–water partition coefficient (Wildman–Crippen LogP) is 5.20. The Balaban J connectivity index is 1.71. The second-order valence-electron chi connectivity index (χ2n) is 7.53. The van der Waals surface area contributed by atoms with Gasteiger partial charge in [-0.15, -0.1) is 11.6 Å². The van der Waals surface area contributed by atoms with E-state index in [1.807, 2.05) is 12.1 Å². The van der Waals surface area contributed by atoms with Gasteiger partial charge < -0.3 is 9.84 Å². The molecule has 1 aromatic carbocycles. The first kappa shape index (κ1) is 15.4. The minimum absolute atomic E-state index is 0.311. The van der Waals surface area contributed by atoms with Crippen LogP contribution in [-0.2, 0) is 4.74 Å². The molecule has 4 aliphatic rings. The van der Waals surface area contributed by atoms with Crippen LogP contribution in [0, 0.1) is 23.7 Å². The average molecular weight is 333 g/mol. The summed E-state index contributed by atoms with van der Waals surface area (Å²) in [7, 11) is 0. The summed E-state index contributed by atoms with van der Waals surface area (Å²) in [5, 5.41) is 9.88. The molecule has 4 fully saturated rings. The first-order chi connectivity index (χ1) is 11.2. The van der Waals surface area contributed by atoms with Crippen molar-refractivity contribution in [1.29, 1.82) is 0 Å². The molecular formula is C20H25ClO2. The highest BCUT2D eigenvalue weighted by Crippen LogP contribution is 2.58. The Kier molecular flexibility index (Phi) is 4.27. The van der Waals surface area contributed by atoms with Crippen molar-refractivity contribution >= 4 is 17.4 Å². The molecule has 1 N–H and O–H groups in total. The maximum Gasteiger partial charge on any atom is 0.126 e. The third-order valence-corrected chi connectivity index (χ3v) is 6.18. The fourth-order valence-electron chi connectivity index (χ4n) is 5.27. The molecule has 4 bridgehead atoms. The molecule has 5 rings (SSSR count). The van der Waals surface area contributed by atoms with E-state index in [0.29, 0.717) is 30.1 Å². The van der Waals surface area contributed by atoms with Crippen molar-refractivity contribution in [3.63, 3.8) is 0 Å². The van der Waals surface area contributed by atoms with Crippen LogP contribution in [0.25, 0.3) is 5.76 Å². The molecular weight excluding hydrogens is 308 g/mol. The van der Waals surface area contributed by atoms with Gasteiger partial charge in [-0.25, -0.2) is 0 Å². The van der Waals surface area contributed by atoms with E-state index >= 15 is 0 Å². The van der Waals surface area contributed by atoms with Crippen LogP contribution in [0.15, 0.2) is 29.8 Å². The second-order valence-corrected chi connectivity index (χ2v) is 7.91. The zero-order valence-electron chi connectivity index (χ0n) is 13.5. The molecule has 23 heavy (non-hydrogen) atoms. The van der Waals surface area contributed by atoms with Gasteiger partial charge in [0.15, 0.2) is 0 Å². The van der Waals surface area contributed by atoms with Crippen molar-refractivity contribution in [2.75, 3.05) is 12.5 Å². The van der Waals surface area contributed by atoms with E-state index in [0.717, 1.165) is 29.6 Å². The third kappa shape index (κ3) is 2.98. The van der Waals surface area contributed by atoms with Gasteiger partial charge in [0.2, 0.25) is 0 Å². The molecule has 4 saturated carbocycles. The minimum atomic E-state index is 0.311. The van der Waals surface area contributed by atoms with Gasteiger partial charge >= 0.3 is 0 Å². The molecule has 0 saturated heterocycles. The molecule has 0 radical (unpaired) electrons. The van der Waals surface area contributed by atoms with E-state index in [2.05, 4.69) is 6.07 Å². The number of ether oxygens (including phenoxy) is 1. The summed E-state index contributed by atoms with van der Waals surface area (Å²) in [6.07, 6.45) is 7.66. The first-order valence-corrected chi connectivity index (χ1v) is 9.50. The topological polar surface area (TPSA) is 29.5 Å². The number of benzene rings is 1. The lowest BCUT2D eigenvalue weighted by atomic mass is 9.54. The Hall–Kier alpha value is -1.15. The highest BCUT2D eigenvalue weighted by molar-refractivity contribution is 6.17. The van der Waals surface area contributed by atoms with Gasteiger partial charge in [0, 0.05) is 11.4 Å². The summed E-state index contributed by atoms with van der Waals surface area (Å²) < 4.78 is 6.23. The molecule has 4 aliphatic carbocycles. The van der Waals surface area contributed by atoms with E-state index in [9.17, 15) is 5.11 Å². The minimum Gasteiger partial charge on any atom is -0.508 e. The van der Waals surface area contributed by atoms with Crippen LogP contribution < -0.4 is 0 Å². The molecule has 124 valence electrons. The van der Waals surface area contributed by atoms with Gasteiger partial charge in [0.25, 0.3) is 0 Å². The number of hydrogen-bond donors (Lipinski definition) is 1. The monoisotopic (exact) mass is 332 g/mol. The van der Waals surface area contributed by atoms with Crippen molar-refractivity contribution in [2.45, 2.75) is 38.5 Å². The summed E-state index contributed by atoms with van der Waals surface area (Å²) in [6.45, 7) is 0.657. The van der Waals surface area contributed by atoms with Crippen LogP contribution in [0.3, 0.4) is 0 Å². The van der Waals surface area contributed by atoms with E-state index in [1.165, 1.54) is 37.7 Å². The molecule has 0 unspecified atom stereocenters. The van der Waals surface area contributed by atoms with Crippen LogP contribution in [0.1, 0.15) is 44.1 Å². The van der Waals surface area contributed by atoms with Crippen molar-refractivity contribution < 1.29 is 9.84 Å². The summed E-state index contributed by atoms with van der Waals surface area (Å²) in [4.78, 5) is 0. The van der Waals surface area contributed by atoms with Gasteiger partial charge in [-0.1, -0.05) is 12.1 Å². The smallest absolute Gasteiger partial charge is 0.126 e. The second kappa shape index (κ2) is 6.39. The Labute approximate surface area is 143 Å². The number of aromatic hydroxyl groups is 1. The summed E-state index contributed by atoms with van der Waals surface area (Å²) in [5.41, 5.74) is 2.57. The Morgan fingerprint density at radius 1 is 1.09 bits per heavy atom. The SMILES string of the molecule is Oc1cccc(C(OCCCCl)=C2C3CC4CC(C3)CC2C4)c1. The molecule has 2 nitrogen and oxygen atoms in total. The third-order valence-electron chi connectivity index (χ3n) is 5.91. The Morgan fingerprint density at radius 2 is 1.78 bits per heavy atom. The highest BCUT2D eigenvalue weighted by atomic mass is 35.5. The molecule has 0 heterocycles. The largest absolute Gasteiger partial charge is 0.508 e. The Bertz CT molecular complexity index is 577. The van der Waals surface area contributed by atoms with Crippen LogP contribution in [0.2, 0.25) is 0 Å². The fraction of sp³-hybridized carbons (Fsp3) is 0.600. The average Bonchev–Trinajstić information content (AvgIpc) is 2.52. The van der Waals surface area contributed by atoms with Gasteiger partial charge in [-0.05, 0) is 79.9 Å². The Morgan fingerprint density at radius 3 is 2.39 bits per heavy atom. The van der Waals surface area contributed by atoms with Gasteiger partial charge in [-0.3, -0.25) is 0 Å². The van der Waals surface area contributed by atoms with Crippen molar-refractivity contribution in [2.24, 2.45) is 23.7 Å². The molecule has 0 atom stereocenters. The predicted molar refractivity (Wildman–Crippen MR) is 93.4 cm³/mol. The number of phenols is 1. The number of halogens is 1. The number of allylic oxidation sites excluding steroid dienone is 1. The molecule has 0 aromatic heterocycles.